The number of rotatable bonds is 2. The molecule has 0 N–H and O–H groups in total. The normalized spacial score (nSPS) is 28.2. The molecule has 5 nitrogen and oxygen atoms in total. The molecule has 2 aliphatic rings. The van der Waals surface area contributed by atoms with Crippen LogP contribution in [0.4, 0.5) is 4.79 Å². The largest absolute Gasteiger partial charge is 0.444 e. The van der Waals surface area contributed by atoms with Crippen LogP contribution in [0.3, 0.4) is 0 Å². The molecule has 144 valence electrons. The number of nitrogens with zero attached hydrogens (tertiary/aromatic N) is 2. The molecule has 5 heteroatoms. The van der Waals surface area contributed by atoms with Crippen molar-refractivity contribution in [1.29, 1.82) is 0 Å². The first-order valence-corrected chi connectivity index (χ1v) is 9.87. The first-order chi connectivity index (χ1) is 11.6. The third-order valence-electron chi connectivity index (χ3n) is 5.63. The number of piperazine rings is 1. The van der Waals surface area contributed by atoms with Crippen molar-refractivity contribution in [2.45, 2.75) is 78.9 Å². The van der Waals surface area contributed by atoms with Crippen molar-refractivity contribution in [3.8, 4) is 0 Å². The van der Waals surface area contributed by atoms with Gasteiger partial charge in [-0.05, 0) is 65.2 Å². The number of amides is 2. The highest BCUT2D eigenvalue weighted by atomic mass is 16.6. The molecule has 1 saturated heterocycles. The van der Waals surface area contributed by atoms with E-state index in [4.69, 9.17) is 4.74 Å². The Labute approximate surface area is 153 Å². The lowest BCUT2D eigenvalue weighted by Crippen LogP contribution is -2.57. The molecule has 1 saturated carbocycles. The van der Waals surface area contributed by atoms with Crippen molar-refractivity contribution in [2.24, 2.45) is 17.8 Å². The minimum absolute atomic E-state index is 0.000414. The van der Waals surface area contributed by atoms with E-state index in [1.54, 1.807) is 4.90 Å². The molecule has 1 aliphatic heterocycles. The Morgan fingerprint density at radius 1 is 1.04 bits per heavy atom. The Morgan fingerprint density at radius 3 is 2.12 bits per heavy atom. The summed E-state index contributed by atoms with van der Waals surface area (Å²) in [6.07, 6.45) is 4.10. The van der Waals surface area contributed by atoms with Gasteiger partial charge in [-0.1, -0.05) is 13.8 Å². The number of carbonyl (C=O) groups is 2. The van der Waals surface area contributed by atoms with Gasteiger partial charge in [0.05, 0.1) is 0 Å². The van der Waals surface area contributed by atoms with E-state index >= 15 is 0 Å². The van der Waals surface area contributed by atoms with Gasteiger partial charge in [0.15, 0.2) is 0 Å². The van der Waals surface area contributed by atoms with Crippen LogP contribution < -0.4 is 0 Å². The van der Waals surface area contributed by atoms with Crippen molar-refractivity contribution < 1.29 is 14.3 Å². The van der Waals surface area contributed by atoms with Crippen molar-refractivity contribution in [3.05, 3.63) is 0 Å². The molecule has 0 aromatic heterocycles. The third kappa shape index (κ3) is 5.35. The summed E-state index contributed by atoms with van der Waals surface area (Å²) in [4.78, 5) is 28.9. The zero-order valence-corrected chi connectivity index (χ0v) is 16.9. The zero-order valence-electron chi connectivity index (χ0n) is 16.9. The fourth-order valence-corrected chi connectivity index (χ4v) is 4.04. The summed E-state index contributed by atoms with van der Waals surface area (Å²) in [7, 11) is 0. The van der Waals surface area contributed by atoms with Gasteiger partial charge >= 0.3 is 6.09 Å². The Balaban J connectivity index is 1.86. The molecule has 1 heterocycles. The highest BCUT2D eigenvalue weighted by molar-refractivity contribution is 5.79. The highest BCUT2D eigenvalue weighted by Crippen LogP contribution is 2.34. The van der Waals surface area contributed by atoms with Crippen LogP contribution in [0.5, 0.6) is 0 Å². The Morgan fingerprint density at radius 2 is 1.64 bits per heavy atom. The monoisotopic (exact) mass is 352 g/mol. The molecule has 2 rings (SSSR count). The molecule has 2 fully saturated rings. The van der Waals surface area contributed by atoms with Gasteiger partial charge in [0.2, 0.25) is 5.91 Å². The lowest BCUT2D eigenvalue weighted by molar-refractivity contribution is -0.139. The minimum atomic E-state index is -0.487. The molecular formula is C20H36N2O3. The van der Waals surface area contributed by atoms with Crippen LogP contribution in [0, 0.1) is 17.8 Å². The van der Waals surface area contributed by atoms with Gasteiger partial charge in [0.1, 0.15) is 5.60 Å². The zero-order chi connectivity index (χ0) is 18.8. The first kappa shape index (κ1) is 20.1. The predicted molar refractivity (Wildman–Crippen MR) is 99.3 cm³/mol. The molecule has 25 heavy (non-hydrogen) atoms. The van der Waals surface area contributed by atoms with Crippen LogP contribution in [-0.4, -0.2) is 53.1 Å². The van der Waals surface area contributed by atoms with Crippen LogP contribution in [-0.2, 0) is 9.53 Å². The molecule has 0 unspecified atom stereocenters. The summed E-state index contributed by atoms with van der Waals surface area (Å²) >= 11 is 0. The summed E-state index contributed by atoms with van der Waals surface area (Å²) in [6, 6.07) is -0.000414. The van der Waals surface area contributed by atoms with E-state index in [0.29, 0.717) is 25.6 Å². The number of hydrogen-bond donors (Lipinski definition) is 0. The summed E-state index contributed by atoms with van der Waals surface area (Å²) in [6.45, 7) is 14.0. The van der Waals surface area contributed by atoms with Crippen LogP contribution in [0.1, 0.15) is 67.2 Å². The van der Waals surface area contributed by atoms with Gasteiger partial charge in [-0.2, -0.15) is 0 Å². The standard InChI is InChI=1S/C20H36N2O3/c1-14(2)16-7-9-17(10-8-16)18(23)21-11-12-22(15(3)13-21)19(24)25-20(4,5)6/h14-17H,7-13H2,1-6H3/t15-,16?,17?/m0/s1. The molecule has 0 aromatic rings. The van der Waals surface area contributed by atoms with E-state index in [1.807, 2.05) is 32.6 Å². The lowest BCUT2D eigenvalue weighted by Gasteiger charge is -2.42. The molecular weight excluding hydrogens is 316 g/mol. The summed E-state index contributed by atoms with van der Waals surface area (Å²) in [5.74, 6) is 1.95. The van der Waals surface area contributed by atoms with Crippen LogP contribution in [0.2, 0.25) is 0 Å². The van der Waals surface area contributed by atoms with Crippen LogP contribution >= 0.6 is 0 Å². The maximum atomic E-state index is 12.9. The third-order valence-corrected chi connectivity index (χ3v) is 5.63. The van der Waals surface area contributed by atoms with E-state index in [9.17, 15) is 9.59 Å². The molecule has 0 aromatic carbocycles. The second-order valence-electron chi connectivity index (χ2n) is 9.16. The number of carbonyl (C=O) groups excluding carboxylic acids is 2. The predicted octanol–water partition coefficient (Wildman–Crippen LogP) is 3.92. The Bertz CT molecular complexity index is 476. The fraction of sp³-hybridized carbons (Fsp3) is 0.900. The number of ether oxygens (including phenoxy) is 1. The van der Waals surface area contributed by atoms with Crippen molar-refractivity contribution in [3.63, 3.8) is 0 Å². The second kappa shape index (κ2) is 7.96. The van der Waals surface area contributed by atoms with Gasteiger partial charge in [0, 0.05) is 31.6 Å². The smallest absolute Gasteiger partial charge is 0.410 e. The molecule has 1 aliphatic carbocycles. The van der Waals surface area contributed by atoms with Gasteiger partial charge in [-0.3, -0.25) is 4.79 Å². The molecule has 1 atom stereocenters. The fourth-order valence-electron chi connectivity index (χ4n) is 4.04. The summed E-state index contributed by atoms with van der Waals surface area (Å²) < 4.78 is 5.48. The quantitative estimate of drug-likeness (QED) is 0.757. The van der Waals surface area contributed by atoms with Crippen LogP contribution in [0.25, 0.3) is 0 Å². The van der Waals surface area contributed by atoms with Gasteiger partial charge < -0.3 is 14.5 Å². The second-order valence-corrected chi connectivity index (χ2v) is 9.16. The average Bonchev–Trinajstić information content (AvgIpc) is 2.52. The van der Waals surface area contributed by atoms with Gasteiger partial charge in [0.25, 0.3) is 0 Å². The van der Waals surface area contributed by atoms with E-state index in [-0.39, 0.29) is 24.0 Å². The van der Waals surface area contributed by atoms with Crippen molar-refractivity contribution in [2.75, 3.05) is 19.6 Å². The first-order valence-electron chi connectivity index (χ1n) is 9.87. The minimum Gasteiger partial charge on any atom is -0.444 e. The maximum absolute atomic E-state index is 12.9. The molecule has 0 bridgehead atoms. The van der Waals surface area contributed by atoms with Crippen molar-refractivity contribution in [1.82, 2.24) is 9.80 Å². The van der Waals surface area contributed by atoms with E-state index in [0.717, 1.165) is 18.8 Å². The van der Waals surface area contributed by atoms with Crippen molar-refractivity contribution >= 4 is 12.0 Å². The molecule has 2 amide bonds. The Kier molecular flexibility index (Phi) is 6.39. The van der Waals surface area contributed by atoms with E-state index < -0.39 is 5.60 Å². The SMILES string of the molecule is CC(C)C1CCC(C(=O)N2CCN(C(=O)OC(C)(C)C)[C@@H](C)C2)CC1. The van der Waals surface area contributed by atoms with Crippen LogP contribution in [0.15, 0.2) is 0 Å². The van der Waals surface area contributed by atoms with Gasteiger partial charge in [-0.15, -0.1) is 0 Å². The summed E-state index contributed by atoms with van der Waals surface area (Å²) in [5.41, 5.74) is -0.487. The average molecular weight is 353 g/mol. The van der Waals surface area contributed by atoms with E-state index in [1.165, 1.54) is 12.8 Å². The summed E-state index contributed by atoms with van der Waals surface area (Å²) in [5, 5.41) is 0. The highest BCUT2D eigenvalue weighted by Gasteiger charge is 2.36. The van der Waals surface area contributed by atoms with Gasteiger partial charge in [-0.25, -0.2) is 4.79 Å². The number of hydrogen-bond acceptors (Lipinski definition) is 3. The topological polar surface area (TPSA) is 49.9 Å². The molecule has 0 radical (unpaired) electrons. The maximum Gasteiger partial charge on any atom is 0.410 e. The Hall–Kier alpha value is -1.26. The molecule has 0 spiro atoms. The lowest BCUT2D eigenvalue weighted by atomic mass is 9.76. The van der Waals surface area contributed by atoms with E-state index in [2.05, 4.69) is 13.8 Å².